The van der Waals surface area contributed by atoms with Gasteiger partial charge >= 0.3 is 0 Å². The van der Waals surface area contributed by atoms with Gasteiger partial charge in [0.2, 0.25) is 0 Å². The van der Waals surface area contributed by atoms with Crippen molar-refractivity contribution in [1.29, 1.82) is 0 Å². The van der Waals surface area contributed by atoms with Crippen molar-refractivity contribution in [2.75, 3.05) is 23.5 Å². The maximum atomic E-state index is 12.2. The van der Waals surface area contributed by atoms with Crippen molar-refractivity contribution in [3.8, 4) is 5.75 Å². The topological polar surface area (TPSA) is 59.0 Å². The molecule has 0 aromatic heterocycles. The van der Waals surface area contributed by atoms with Crippen molar-refractivity contribution in [2.24, 2.45) is 4.99 Å². The van der Waals surface area contributed by atoms with Gasteiger partial charge in [0.1, 0.15) is 5.75 Å². The number of aliphatic imine (C=N–C) groups is 1. The fourth-order valence-corrected chi connectivity index (χ4v) is 7.21. The Kier molecular flexibility index (Phi) is 5.53. The highest BCUT2D eigenvalue weighted by Gasteiger charge is 2.47. The first kappa shape index (κ1) is 19.9. The number of benzene rings is 2. The number of hydrogen-bond donors (Lipinski definition) is 0. The van der Waals surface area contributed by atoms with Crippen LogP contribution in [0.3, 0.4) is 0 Å². The van der Waals surface area contributed by atoms with Gasteiger partial charge in [-0.25, -0.2) is 8.42 Å². The molecule has 28 heavy (non-hydrogen) atoms. The second-order valence-corrected chi connectivity index (χ2v) is 10.6. The zero-order valence-electron chi connectivity index (χ0n) is 15.0. The molecule has 1 saturated heterocycles. The van der Waals surface area contributed by atoms with Gasteiger partial charge in [0, 0.05) is 27.6 Å². The van der Waals surface area contributed by atoms with Crippen LogP contribution < -0.4 is 9.64 Å². The lowest BCUT2D eigenvalue weighted by atomic mass is 10.1. The van der Waals surface area contributed by atoms with E-state index in [1.165, 1.54) is 11.8 Å². The molecule has 9 heteroatoms. The Morgan fingerprint density at radius 1 is 1.18 bits per heavy atom. The van der Waals surface area contributed by atoms with Crippen LogP contribution in [0.25, 0.3) is 0 Å². The summed E-state index contributed by atoms with van der Waals surface area (Å²) < 4.78 is 29.7. The maximum Gasteiger partial charge on any atom is 0.164 e. The Hall–Kier alpha value is -1.41. The van der Waals surface area contributed by atoms with Crippen molar-refractivity contribution < 1.29 is 13.2 Å². The summed E-state index contributed by atoms with van der Waals surface area (Å²) in [5.74, 6) is 1.43. The molecule has 5 nitrogen and oxygen atoms in total. The van der Waals surface area contributed by atoms with Crippen LogP contribution in [-0.4, -0.2) is 44.3 Å². The minimum Gasteiger partial charge on any atom is -0.497 e. The van der Waals surface area contributed by atoms with Gasteiger partial charge in [0.25, 0.3) is 0 Å². The van der Waals surface area contributed by atoms with Crippen LogP contribution in [0.4, 0.5) is 5.69 Å². The maximum absolute atomic E-state index is 12.2. The van der Waals surface area contributed by atoms with Crippen molar-refractivity contribution in [3.05, 3.63) is 58.1 Å². The van der Waals surface area contributed by atoms with Gasteiger partial charge in [-0.3, -0.25) is 4.99 Å². The fraction of sp³-hybridized carbons (Fsp3) is 0.316. The highest BCUT2D eigenvalue weighted by atomic mass is 35.5. The first-order valence-corrected chi connectivity index (χ1v) is 12.2. The molecule has 2 aromatic carbocycles. The third-order valence-electron chi connectivity index (χ3n) is 4.85. The number of anilines is 1. The van der Waals surface area contributed by atoms with Gasteiger partial charge in [-0.15, -0.1) is 0 Å². The number of hydrogen-bond acceptors (Lipinski definition) is 6. The molecule has 0 aliphatic carbocycles. The van der Waals surface area contributed by atoms with Gasteiger partial charge in [-0.2, -0.15) is 0 Å². The number of thioether (sulfide) groups is 1. The minimum absolute atomic E-state index is 0.0784. The van der Waals surface area contributed by atoms with E-state index in [-0.39, 0.29) is 23.6 Å². The number of sulfone groups is 1. The molecule has 4 rings (SSSR count). The number of rotatable bonds is 4. The third kappa shape index (κ3) is 3.85. The number of ether oxygens (including phenoxy) is 1. The highest BCUT2D eigenvalue weighted by Crippen LogP contribution is 2.38. The number of amidine groups is 1. The first-order chi connectivity index (χ1) is 13.4. The van der Waals surface area contributed by atoms with Crippen molar-refractivity contribution >= 4 is 55.7 Å². The summed E-state index contributed by atoms with van der Waals surface area (Å²) in [5.41, 5.74) is 1.70. The summed E-state index contributed by atoms with van der Waals surface area (Å²) >= 11 is 14.1. The zero-order valence-corrected chi connectivity index (χ0v) is 18.2. The lowest BCUT2D eigenvalue weighted by molar-refractivity contribution is 0.415. The molecular formula is C19H18Cl2N2O3S2. The molecule has 0 spiro atoms. The van der Waals surface area contributed by atoms with Crippen LogP contribution >= 0.6 is 35.0 Å². The molecule has 2 aliphatic heterocycles. The van der Waals surface area contributed by atoms with Gasteiger partial charge in [-0.05, 0) is 29.8 Å². The monoisotopic (exact) mass is 456 g/mol. The predicted molar refractivity (Wildman–Crippen MR) is 117 cm³/mol. The SMILES string of the molecule is COc1cccc(N2C(SCc3c(Cl)cccc3Cl)=N[C@@H]3CS(=O)(=O)C[C@@H]32)c1. The Morgan fingerprint density at radius 3 is 2.61 bits per heavy atom. The highest BCUT2D eigenvalue weighted by molar-refractivity contribution is 8.13. The summed E-state index contributed by atoms with van der Waals surface area (Å²) in [6, 6.07) is 12.5. The molecule has 0 radical (unpaired) electrons. The Balaban J connectivity index is 1.65. The van der Waals surface area contributed by atoms with Crippen molar-refractivity contribution in [3.63, 3.8) is 0 Å². The minimum atomic E-state index is -3.10. The van der Waals surface area contributed by atoms with Crippen LogP contribution in [0.1, 0.15) is 5.56 Å². The summed E-state index contributed by atoms with van der Waals surface area (Å²) in [4.78, 5) is 6.74. The quantitative estimate of drug-likeness (QED) is 0.686. The normalized spacial score (nSPS) is 22.8. The number of methoxy groups -OCH3 is 1. The van der Waals surface area contributed by atoms with E-state index in [1.807, 2.05) is 35.2 Å². The second-order valence-electron chi connectivity index (χ2n) is 6.68. The second kappa shape index (κ2) is 7.78. The third-order valence-corrected chi connectivity index (χ3v) is 8.25. The molecule has 2 aromatic rings. The first-order valence-electron chi connectivity index (χ1n) is 8.65. The zero-order chi connectivity index (χ0) is 19.9. The lowest BCUT2D eigenvalue weighted by Crippen LogP contribution is -2.39. The summed E-state index contributed by atoms with van der Waals surface area (Å²) in [6.45, 7) is 0. The van der Waals surface area contributed by atoms with Crippen LogP contribution in [0, 0.1) is 0 Å². The molecule has 0 amide bonds. The molecule has 0 saturated carbocycles. The van der Waals surface area contributed by atoms with Gasteiger partial charge in [0.05, 0.1) is 30.7 Å². The molecule has 0 unspecified atom stereocenters. The molecule has 0 N–H and O–H groups in total. The smallest absolute Gasteiger partial charge is 0.164 e. The van der Waals surface area contributed by atoms with Crippen molar-refractivity contribution in [1.82, 2.24) is 0 Å². The molecule has 148 valence electrons. The van der Waals surface area contributed by atoms with Gasteiger partial charge < -0.3 is 9.64 Å². The molecule has 0 bridgehead atoms. The van der Waals surface area contributed by atoms with Crippen LogP contribution in [-0.2, 0) is 15.6 Å². The average Bonchev–Trinajstić information content (AvgIpc) is 3.12. The van der Waals surface area contributed by atoms with Crippen LogP contribution in [0.2, 0.25) is 10.0 Å². The van der Waals surface area contributed by atoms with E-state index >= 15 is 0 Å². The van der Waals surface area contributed by atoms with E-state index in [2.05, 4.69) is 0 Å². The van der Waals surface area contributed by atoms with E-state index in [9.17, 15) is 8.42 Å². The van der Waals surface area contributed by atoms with Crippen LogP contribution in [0.15, 0.2) is 47.5 Å². The summed E-state index contributed by atoms with van der Waals surface area (Å²) in [5, 5.41) is 1.98. The standard InChI is InChI=1S/C19H18Cl2N2O3S2/c1-26-13-5-2-4-12(8-13)23-18-11-28(24,25)10-17(18)22-19(23)27-9-14-15(20)6-3-7-16(14)21/h2-8,17-18H,9-11H2,1H3/t17-,18+/m1/s1. The summed E-state index contributed by atoms with van der Waals surface area (Å²) in [6.07, 6.45) is 0. The van der Waals surface area contributed by atoms with E-state index < -0.39 is 9.84 Å². The van der Waals surface area contributed by atoms with Crippen LogP contribution in [0.5, 0.6) is 5.75 Å². The Labute approximate surface area is 178 Å². The number of fused-ring (bicyclic) bond motifs is 1. The fourth-order valence-electron chi connectivity index (χ4n) is 3.50. The molecule has 2 atom stereocenters. The Morgan fingerprint density at radius 2 is 1.89 bits per heavy atom. The summed E-state index contributed by atoms with van der Waals surface area (Å²) in [7, 11) is -1.49. The van der Waals surface area contributed by atoms with Gasteiger partial charge in [-0.1, -0.05) is 47.1 Å². The van der Waals surface area contributed by atoms with E-state index in [1.54, 1.807) is 19.2 Å². The molecule has 2 aliphatic rings. The number of nitrogens with zero attached hydrogens (tertiary/aromatic N) is 2. The lowest BCUT2D eigenvalue weighted by Gasteiger charge is -2.27. The largest absolute Gasteiger partial charge is 0.497 e. The van der Waals surface area contributed by atoms with E-state index in [0.717, 1.165) is 16.4 Å². The van der Waals surface area contributed by atoms with E-state index in [4.69, 9.17) is 32.9 Å². The predicted octanol–water partition coefficient (Wildman–Crippen LogP) is 4.28. The number of halogens is 2. The Bertz CT molecular complexity index is 1020. The molecule has 2 heterocycles. The van der Waals surface area contributed by atoms with E-state index in [0.29, 0.717) is 21.5 Å². The molecular weight excluding hydrogens is 439 g/mol. The molecule has 1 fully saturated rings. The average molecular weight is 457 g/mol. The van der Waals surface area contributed by atoms with Gasteiger partial charge in [0.15, 0.2) is 15.0 Å². The van der Waals surface area contributed by atoms with Crippen molar-refractivity contribution in [2.45, 2.75) is 17.8 Å².